The Bertz CT molecular complexity index is 1310. The third-order valence-corrected chi connectivity index (χ3v) is 5.14. The zero-order chi connectivity index (χ0) is 24.4. The van der Waals surface area contributed by atoms with Gasteiger partial charge in [0.25, 0.3) is 0 Å². The van der Waals surface area contributed by atoms with Crippen LogP contribution in [0, 0.1) is 5.82 Å². The van der Waals surface area contributed by atoms with E-state index in [1.165, 1.54) is 72.3 Å². The third kappa shape index (κ3) is 4.27. The molecule has 2 N–H and O–H groups in total. The van der Waals surface area contributed by atoms with Gasteiger partial charge in [0.2, 0.25) is 5.88 Å². The number of methoxy groups -OCH3 is 1. The molecule has 0 bridgehead atoms. The number of halogens is 3. The molecule has 0 fully saturated rings. The van der Waals surface area contributed by atoms with Crippen molar-refractivity contribution in [3.05, 3.63) is 89.7 Å². The summed E-state index contributed by atoms with van der Waals surface area (Å²) < 4.78 is 49.2. The van der Waals surface area contributed by atoms with Gasteiger partial charge in [0, 0.05) is 11.3 Å². The van der Waals surface area contributed by atoms with E-state index in [9.17, 15) is 28.2 Å². The standard InChI is InChI=1S/C25H18F3NO5/c1-33-18-10-4-15(5-11-18)22(30)20-21(14-2-6-16(26)7-3-14)29(24(32)23(20)31)17-8-12-19(13-9-17)34-25(27)28/h2-13,25,31-32H,1H3. The largest absolute Gasteiger partial charge is 0.503 e. The number of hydrogen-bond acceptors (Lipinski definition) is 5. The Morgan fingerprint density at radius 3 is 2.03 bits per heavy atom. The van der Waals surface area contributed by atoms with E-state index < -0.39 is 29.8 Å². The second-order valence-corrected chi connectivity index (χ2v) is 7.17. The fourth-order valence-electron chi connectivity index (χ4n) is 3.56. The van der Waals surface area contributed by atoms with Crippen LogP contribution < -0.4 is 9.47 Å². The average molecular weight is 469 g/mol. The highest BCUT2D eigenvalue weighted by molar-refractivity contribution is 6.15. The van der Waals surface area contributed by atoms with E-state index in [4.69, 9.17) is 4.74 Å². The minimum absolute atomic E-state index is 0.0818. The molecule has 4 rings (SSSR count). The monoisotopic (exact) mass is 469 g/mol. The number of aromatic nitrogens is 1. The normalized spacial score (nSPS) is 11.0. The van der Waals surface area contributed by atoms with E-state index in [-0.39, 0.29) is 28.3 Å². The first-order valence-corrected chi connectivity index (χ1v) is 9.96. The van der Waals surface area contributed by atoms with Gasteiger partial charge in [0.05, 0.1) is 18.4 Å². The molecule has 1 aromatic heterocycles. The van der Waals surface area contributed by atoms with Crippen LogP contribution in [0.25, 0.3) is 16.9 Å². The van der Waals surface area contributed by atoms with E-state index in [0.29, 0.717) is 11.3 Å². The van der Waals surface area contributed by atoms with E-state index in [0.717, 1.165) is 0 Å². The molecule has 34 heavy (non-hydrogen) atoms. The van der Waals surface area contributed by atoms with Gasteiger partial charge in [-0.15, -0.1) is 0 Å². The highest BCUT2D eigenvalue weighted by atomic mass is 19.3. The molecule has 0 radical (unpaired) electrons. The number of benzene rings is 3. The Morgan fingerprint density at radius 1 is 0.882 bits per heavy atom. The predicted molar refractivity (Wildman–Crippen MR) is 118 cm³/mol. The highest BCUT2D eigenvalue weighted by Gasteiger charge is 2.30. The first-order valence-electron chi connectivity index (χ1n) is 9.96. The molecule has 0 aliphatic heterocycles. The van der Waals surface area contributed by atoms with E-state index in [1.54, 1.807) is 12.1 Å². The van der Waals surface area contributed by atoms with Crippen molar-refractivity contribution >= 4 is 5.78 Å². The molecule has 0 spiro atoms. The highest BCUT2D eigenvalue weighted by Crippen LogP contribution is 2.44. The van der Waals surface area contributed by atoms with Gasteiger partial charge in [-0.1, -0.05) is 0 Å². The maximum absolute atomic E-state index is 13.6. The average Bonchev–Trinajstić information content (AvgIpc) is 3.10. The molecule has 174 valence electrons. The maximum Gasteiger partial charge on any atom is 0.387 e. The Hall–Kier alpha value is -4.40. The molecule has 0 atom stereocenters. The number of hydrogen-bond donors (Lipinski definition) is 2. The van der Waals surface area contributed by atoms with E-state index in [1.807, 2.05) is 0 Å². The molecule has 1 heterocycles. The molecule has 0 aliphatic carbocycles. The van der Waals surface area contributed by atoms with Crippen molar-refractivity contribution in [2.75, 3.05) is 7.11 Å². The Labute approximate surface area is 192 Å². The summed E-state index contributed by atoms with van der Waals surface area (Å²) in [5.74, 6) is -2.07. The van der Waals surface area contributed by atoms with Crippen molar-refractivity contribution in [2.24, 2.45) is 0 Å². The lowest BCUT2D eigenvalue weighted by Crippen LogP contribution is -2.05. The summed E-state index contributed by atoms with van der Waals surface area (Å²) in [5.41, 5.74) is 0.627. The van der Waals surface area contributed by atoms with Crippen LogP contribution in [-0.4, -0.2) is 34.3 Å². The lowest BCUT2D eigenvalue weighted by molar-refractivity contribution is -0.0498. The first kappa shape index (κ1) is 22.8. The number of carbonyl (C=O) groups excluding carboxylic acids is 1. The molecule has 6 nitrogen and oxygen atoms in total. The first-order chi connectivity index (χ1) is 16.3. The topological polar surface area (TPSA) is 80.9 Å². The summed E-state index contributed by atoms with van der Waals surface area (Å²) in [7, 11) is 1.48. The van der Waals surface area contributed by atoms with Crippen LogP contribution >= 0.6 is 0 Å². The molecule has 0 amide bonds. The van der Waals surface area contributed by atoms with E-state index in [2.05, 4.69) is 4.74 Å². The molecule has 4 aromatic rings. The zero-order valence-corrected chi connectivity index (χ0v) is 17.7. The number of ether oxygens (including phenoxy) is 2. The molecule has 0 saturated heterocycles. The van der Waals surface area contributed by atoms with Gasteiger partial charge in [-0.3, -0.25) is 9.36 Å². The van der Waals surface area contributed by atoms with Gasteiger partial charge in [-0.25, -0.2) is 4.39 Å². The number of rotatable bonds is 7. The van der Waals surface area contributed by atoms with Crippen molar-refractivity contribution in [1.82, 2.24) is 4.57 Å². The fourth-order valence-corrected chi connectivity index (χ4v) is 3.56. The van der Waals surface area contributed by atoms with Crippen LogP contribution in [0.1, 0.15) is 15.9 Å². The summed E-state index contributed by atoms with van der Waals surface area (Å²) in [5, 5.41) is 21.5. The van der Waals surface area contributed by atoms with Crippen molar-refractivity contribution < 1.29 is 37.7 Å². The minimum Gasteiger partial charge on any atom is -0.503 e. The predicted octanol–water partition coefficient (Wildman–Crippen LogP) is 5.54. The Balaban J connectivity index is 1.91. The molecular formula is C25H18F3NO5. The summed E-state index contributed by atoms with van der Waals surface area (Å²) in [4.78, 5) is 13.4. The van der Waals surface area contributed by atoms with Crippen LogP contribution in [0.4, 0.5) is 13.2 Å². The smallest absolute Gasteiger partial charge is 0.387 e. The Morgan fingerprint density at radius 2 is 1.47 bits per heavy atom. The van der Waals surface area contributed by atoms with Crippen molar-refractivity contribution in [3.63, 3.8) is 0 Å². The molecule has 9 heteroatoms. The summed E-state index contributed by atoms with van der Waals surface area (Å²) in [6, 6.07) is 16.5. The zero-order valence-electron chi connectivity index (χ0n) is 17.7. The summed E-state index contributed by atoms with van der Waals surface area (Å²) in [6.07, 6.45) is 0. The molecule has 0 aliphatic rings. The van der Waals surface area contributed by atoms with Gasteiger partial charge in [-0.2, -0.15) is 8.78 Å². The van der Waals surface area contributed by atoms with Crippen LogP contribution in [0.5, 0.6) is 23.1 Å². The second-order valence-electron chi connectivity index (χ2n) is 7.17. The lowest BCUT2D eigenvalue weighted by Gasteiger charge is -2.13. The maximum atomic E-state index is 13.6. The van der Waals surface area contributed by atoms with Crippen molar-refractivity contribution in [1.29, 1.82) is 0 Å². The number of ketones is 1. The fraction of sp³-hybridized carbons (Fsp3) is 0.0800. The van der Waals surface area contributed by atoms with Crippen LogP contribution in [-0.2, 0) is 0 Å². The van der Waals surface area contributed by atoms with Gasteiger partial charge in [0.15, 0.2) is 11.5 Å². The van der Waals surface area contributed by atoms with Gasteiger partial charge >= 0.3 is 6.61 Å². The van der Waals surface area contributed by atoms with Gasteiger partial charge in [0.1, 0.15) is 17.3 Å². The Kier molecular flexibility index (Phi) is 6.18. The molecule has 3 aromatic carbocycles. The number of aromatic hydroxyl groups is 2. The minimum atomic E-state index is -3.02. The van der Waals surface area contributed by atoms with Crippen LogP contribution in [0.3, 0.4) is 0 Å². The van der Waals surface area contributed by atoms with Gasteiger partial charge < -0.3 is 19.7 Å². The van der Waals surface area contributed by atoms with Gasteiger partial charge in [-0.05, 0) is 78.4 Å². The molecular weight excluding hydrogens is 451 g/mol. The molecule has 0 unspecified atom stereocenters. The third-order valence-electron chi connectivity index (χ3n) is 5.14. The lowest BCUT2D eigenvalue weighted by atomic mass is 9.99. The second kappa shape index (κ2) is 9.22. The van der Waals surface area contributed by atoms with Crippen molar-refractivity contribution in [3.8, 4) is 40.1 Å². The van der Waals surface area contributed by atoms with Crippen LogP contribution in [0.2, 0.25) is 0 Å². The van der Waals surface area contributed by atoms with Crippen LogP contribution in [0.15, 0.2) is 72.8 Å². The number of carbonyl (C=O) groups is 1. The summed E-state index contributed by atoms with van der Waals surface area (Å²) >= 11 is 0. The summed E-state index contributed by atoms with van der Waals surface area (Å²) in [6.45, 7) is -3.02. The van der Waals surface area contributed by atoms with E-state index >= 15 is 0 Å². The van der Waals surface area contributed by atoms with Crippen molar-refractivity contribution in [2.45, 2.75) is 6.61 Å². The quantitative estimate of drug-likeness (QED) is 0.348. The number of alkyl halides is 2. The molecule has 0 saturated carbocycles. The number of nitrogens with zero attached hydrogens (tertiary/aromatic N) is 1. The SMILES string of the molecule is COc1ccc(C(=O)c2c(O)c(O)n(-c3ccc(OC(F)F)cc3)c2-c2ccc(F)cc2)cc1.